The highest BCUT2D eigenvalue weighted by Gasteiger charge is 2.35. The highest BCUT2D eigenvalue weighted by Crippen LogP contribution is 2.37. The van der Waals surface area contributed by atoms with Crippen LogP contribution >= 0.6 is 0 Å². The highest BCUT2D eigenvalue weighted by atomic mass is 19.4. The van der Waals surface area contributed by atoms with Gasteiger partial charge in [0.25, 0.3) is 0 Å². The van der Waals surface area contributed by atoms with Gasteiger partial charge >= 0.3 is 12.1 Å². The Labute approximate surface area is 110 Å². The van der Waals surface area contributed by atoms with E-state index < -0.39 is 23.5 Å². The van der Waals surface area contributed by atoms with Crippen molar-refractivity contribution in [1.29, 1.82) is 0 Å². The van der Waals surface area contributed by atoms with Crippen LogP contribution in [-0.4, -0.2) is 20.9 Å². The molecule has 1 aromatic carbocycles. The largest absolute Gasteiger partial charge is 0.477 e. The normalized spacial score (nSPS) is 11.7. The number of alkyl halides is 3. The molecular formula is C12H8F4N2O2. The molecule has 1 heterocycles. The van der Waals surface area contributed by atoms with Gasteiger partial charge in [0.15, 0.2) is 0 Å². The van der Waals surface area contributed by atoms with Gasteiger partial charge in [-0.05, 0) is 24.3 Å². The van der Waals surface area contributed by atoms with E-state index in [0.29, 0.717) is 6.07 Å². The van der Waals surface area contributed by atoms with Crippen molar-refractivity contribution < 1.29 is 27.5 Å². The van der Waals surface area contributed by atoms with Crippen molar-refractivity contribution in [3.05, 3.63) is 41.3 Å². The summed E-state index contributed by atoms with van der Waals surface area (Å²) >= 11 is 0. The molecule has 1 N–H and O–H groups in total. The number of nitrogens with zero attached hydrogens (tertiary/aromatic N) is 2. The first-order valence-corrected chi connectivity index (χ1v) is 5.34. The maximum absolute atomic E-state index is 13.0. The van der Waals surface area contributed by atoms with Crippen LogP contribution in [0.15, 0.2) is 24.3 Å². The van der Waals surface area contributed by atoms with Crippen molar-refractivity contribution in [2.45, 2.75) is 6.18 Å². The second-order valence-corrected chi connectivity index (χ2v) is 4.03. The summed E-state index contributed by atoms with van der Waals surface area (Å²) in [5, 5.41) is 12.6. The van der Waals surface area contributed by atoms with Gasteiger partial charge in [0, 0.05) is 12.6 Å². The average Bonchev–Trinajstić information content (AvgIpc) is 2.70. The van der Waals surface area contributed by atoms with E-state index in [9.17, 15) is 22.4 Å². The van der Waals surface area contributed by atoms with Crippen molar-refractivity contribution in [3.63, 3.8) is 0 Å². The van der Waals surface area contributed by atoms with Crippen molar-refractivity contribution in [2.24, 2.45) is 7.05 Å². The molecule has 2 aromatic rings. The minimum Gasteiger partial charge on any atom is -0.477 e. The monoisotopic (exact) mass is 288 g/mol. The summed E-state index contributed by atoms with van der Waals surface area (Å²) in [7, 11) is 1.30. The van der Waals surface area contributed by atoms with E-state index in [0.717, 1.165) is 22.9 Å². The van der Waals surface area contributed by atoms with Crippen LogP contribution in [0.25, 0.3) is 11.3 Å². The molecule has 8 heteroatoms. The molecule has 0 aliphatic rings. The third-order valence-corrected chi connectivity index (χ3v) is 2.66. The van der Waals surface area contributed by atoms with Crippen LogP contribution in [0.1, 0.15) is 16.1 Å². The lowest BCUT2D eigenvalue weighted by Gasteiger charge is -2.11. The number of aryl methyl sites for hydroxylation is 1. The summed E-state index contributed by atoms with van der Waals surface area (Å²) in [5.41, 5.74) is -2.02. The van der Waals surface area contributed by atoms with Crippen LogP contribution in [0.2, 0.25) is 0 Å². The first-order valence-electron chi connectivity index (χ1n) is 5.34. The molecule has 0 amide bonds. The first-order chi connectivity index (χ1) is 9.20. The Morgan fingerprint density at radius 3 is 2.45 bits per heavy atom. The molecule has 0 bridgehead atoms. The molecule has 0 spiro atoms. The van der Waals surface area contributed by atoms with E-state index in [2.05, 4.69) is 5.10 Å². The topological polar surface area (TPSA) is 55.1 Å². The zero-order valence-corrected chi connectivity index (χ0v) is 10.1. The van der Waals surface area contributed by atoms with E-state index in [1.165, 1.54) is 7.05 Å². The number of rotatable bonds is 2. The number of halogens is 4. The fraction of sp³-hybridized carbons (Fsp3) is 0.167. The SMILES string of the molecule is Cn1nc(-c2ccc(F)cc2C(F)(F)F)cc1C(=O)O. The Kier molecular flexibility index (Phi) is 3.24. The van der Waals surface area contributed by atoms with Crippen LogP contribution in [-0.2, 0) is 13.2 Å². The van der Waals surface area contributed by atoms with E-state index >= 15 is 0 Å². The minimum atomic E-state index is -4.77. The molecule has 0 aliphatic heterocycles. The number of carboxylic acid groups (broad SMARTS) is 1. The molecule has 4 nitrogen and oxygen atoms in total. The van der Waals surface area contributed by atoms with Crippen LogP contribution in [0.3, 0.4) is 0 Å². The number of aromatic nitrogens is 2. The average molecular weight is 288 g/mol. The summed E-state index contributed by atoms with van der Waals surface area (Å²) in [6.07, 6.45) is -4.77. The lowest BCUT2D eigenvalue weighted by Crippen LogP contribution is -2.08. The second kappa shape index (κ2) is 4.62. The van der Waals surface area contributed by atoms with Crippen molar-refractivity contribution in [2.75, 3.05) is 0 Å². The van der Waals surface area contributed by atoms with E-state index in [1.807, 2.05) is 0 Å². The number of aromatic carboxylic acids is 1. The summed E-state index contributed by atoms with van der Waals surface area (Å²) in [5.74, 6) is -2.35. The molecule has 106 valence electrons. The fourth-order valence-corrected chi connectivity index (χ4v) is 1.77. The van der Waals surface area contributed by atoms with Gasteiger partial charge < -0.3 is 5.11 Å². The van der Waals surface area contributed by atoms with E-state index in [-0.39, 0.29) is 17.0 Å². The quantitative estimate of drug-likeness (QED) is 0.864. The van der Waals surface area contributed by atoms with E-state index in [1.54, 1.807) is 0 Å². The van der Waals surface area contributed by atoms with E-state index in [4.69, 9.17) is 5.11 Å². The van der Waals surface area contributed by atoms with Gasteiger partial charge in [-0.2, -0.15) is 18.3 Å². The maximum Gasteiger partial charge on any atom is 0.417 e. The predicted octanol–water partition coefficient (Wildman–Crippen LogP) is 2.94. The fourth-order valence-electron chi connectivity index (χ4n) is 1.77. The number of hydrogen-bond acceptors (Lipinski definition) is 2. The zero-order valence-electron chi connectivity index (χ0n) is 10.1. The van der Waals surface area contributed by atoms with Crippen LogP contribution in [0.4, 0.5) is 17.6 Å². The van der Waals surface area contributed by atoms with Gasteiger partial charge in [-0.25, -0.2) is 9.18 Å². The zero-order chi connectivity index (χ0) is 15.1. The van der Waals surface area contributed by atoms with Gasteiger partial charge in [0.2, 0.25) is 0 Å². The summed E-state index contributed by atoms with van der Waals surface area (Å²) < 4.78 is 52.5. The standard InChI is InChI=1S/C12H8F4N2O2/c1-18-10(11(19)20)5-9(17-18)7-3-2-6(13)4-8(7)12(14,15)16/h2-5H,1H3,(H,19,20). The Hall–Kier alpha value is -2.38. The molecule has 20 heavy (non-hydrogen) atoms. The van der Waals surface area contributed by atoms with Gasteiger partial charge in [0.05, 0.1) is 11.3 Å². The molecule has 0 radical (unpaired) electrons. The Bertz CT molecular complexity index is 677. The van der Waals surface area contributed by atoms with Crippen LogP contribution in [0, 0.1) is 5.82 Å². The van der Waals surface area contributed by atoms with Crippen molar-refractivity contribution in [3.8, 4) is 11.3 Å². The van der Waals surface area contributed by atoms with Gasteiger partial charge in [0.1, 0.15) is 11.5 Å². The smallest absolute Gasteiger partial charge is 0.417 e. The van der Waals surface area contributed by atoms with Crippen LogP contribution < -0.4 is 0 Å². The van der Waals surface area contributed by atoms with Gasteiger partial charge in [-0.15, -0.1) is 0 Å². The lowest BCUT2D eigenvalue weighted by atomic mass is 10.0. The lowest BCUT2D eigenvalue weighted by molar-refractivity contribution is -0.137. The first kappa shape index (κ1) is 14.0. The molecule has 0 fully saturated rings. The molecule has 1 aromatic heterocycles. The minimum absolute atomic E-state index is 0.183. The Morgan fingerprint density at radius 1 is 1.30 bits per heavy atom. The molecule has 0 saturated heterocycles. The molecule has 0 unspecified atom stereocenters. The molecule has 0 aliphatic carbocycles. The van der Waals surface area contributed by atoms with Crippen molar-refractivity contribution in [1.82, 2.24) is 9.78 Å². The highest BCUT2D eigenvalue weighted by molar-refractivity contribution is 5.87. The summed E-state index contributed by atoms with van der Waals surface area (Å²) in [6.45, 7) is 0. The summed E-state index contributed by atoms with van der Waals surface area (Å²) in [4.78, 5) is 10.9. The van der Waals surface area contributed by atoms with Gasteiger partial charge in [-0.3, -0.25) is 4.68 Å². The number of hydrogen-bond donors (Lipinski definition) is 1. The molecule has 0 saturated carbocycles. The number of carbonyl (C=O) groups is 1. The van der Waals surface area contributed by atoms with Crippen LogP contribution in [0.5, 0.6) is 0 Å². The molecule has 0 atom stereocenters. The second-order valence-electron chi connectivity index (χ2n) is 4.03. The third-order valence-electron chi connectivity index (χ3n) is 2.66. The number of benzene rings is 1. The maximum atomic E-state index is 13.0. The molecular weight excluding hydrogens is 280 g/mol. The molecule has 2 rings (SSSR count). The van der Waals surface area contributed by atoms with Crippen molar-refractivity contribution >= 4 is 5.97 Å². The Balaban J connectivity index is 2.64. The summed E-state index contributed by atoms with van der Waals surface area (Å²) in [6, 6.07) is 3.14. The Morgan fingerprint density at radius 2 is 1.95 bits per heavy atom. The van der Waals surface area contributed by atoms with Gasteiger partial charge in [-0.1, -0.05) is 0 Å². The predicted molar refractivity (Wildman–Crippen MR) is 60.6 cm³/mol. The number of carboxylic acids is 1. The third kappa shape index (κ3) is 2.49.